The number of hydrogen-bond acceptors (Lipinski definition) is 5. The van der Waals surface area contributed by atoms with Crippen molar-refractivity contribution in [3.63, 3.8) is 0 Å². The molecule has 2 aliphatic heterocycles. The second-order valence-electron chi connectivity index (χ2n) is 6.24. The average Bonchev–Trinajstić information content (AvgIpc) is 2.80. The molecule has 2 aliphatic rings. The molecule has 1 atom stereocenters. The summed E-state index contributed by atoms with van der Waals surface area (Å²) in [6.07, 6.45) is 1.93. The van der Waals surface area contributed by atoms with Gasteiger partial charge in [-0.3, -0.25) is 29.4 Å². The first-order chi connectivity index (χ1) is 11.4. The van der Waals surface area contributed by atoms with Crippen molar-refractivity contribution in [1.82, 2.24) is 9.80 Å². The zero-order chi connectivity index (χ0) is 17.4. The van der Waals surface area contributed by atoms with E-state index >= 15 is 0 Å². The highest BCUT2D eigenvalue weighted by molar-refractivity contribution is 6.24. The number of fused-ring (bicyclic) bond motifs is 1. The minimum absolute atomic E-state index is 0.0194. The molecule has 0 radical (unpaired) electrons. The molecular weight excluding hydrogens is 314 g/mol. The molecular formula is C16H17N3O5. The third-order valence-electron chi connectivity index (χ3n) is 4.48. The smallest absolute Gasteiger partial charge is 0.282 e. The zero-order valence-electron chi connectivity index (χ0n) is 13.2. The predicted molar refractivity (Wildman–Crippen MR) is 83.4 cm³/mol. The third kappa shape index (κ3) is 2.64. The Morgan fingerprint density at radius 2 is 2.08 bits per heavy atom. The molecule has 3 amide bonds. The summed E-state index contributed by atoms with van der Waals surface area (Å²) in [5, 5.41) is 11.1. The molecule has 24 heavy (non-hydrogen) atoms. The summed E-state index contributed by atoms with van der Waals surface area (Å²) in [4.78, 5) is 50.1. The Bertz CT molecular complexity index is 745. The predicted octanol–water partition coefficient (Wildman–Crippen LogP) is 1.45. The lowest BCUT2D eigenvalue weighted by atomic mass is 10.0. The largest absolute Gasteiger partial charge is 0.341 e. The first-order valence-corrected chi connectivity index (χ1v) is 7.81. The van der Waals surface area contributed by atoms with Crippen molar-refractivity contribution < 1.29 is 19.3 Å². The number of nitrogens with zero attached hydrogens (tertiary/aromatic N) is 3. The summed E-state index contributed by atoms with van der Waals surface area (Å²) >= 11 is 0. The Morgan fingerprint density at radius 3 is 2.75 bits per heavy atom. The van der Waals surface area contributed by atoms with Gasteiger partial charge < -0.3 is 4.90 Å². The first-order valence-electron chi connectivity index (χ1n) is 7.81. The van der Waals surface area contributed by atoms with Crippen LogP contribution in [0.1, 0.15) is 40.5 Å². The van der Waals surface area contributed by atoms with E-state index in [0.29, 0.717) is 19.0 Å². The van der Waals surface area contributed by atoms with Gasteiger partial charge in [-0.15, -0.1) is 0 Å². The molecule has 1 aromatic carbocycles. The molecule has 0 unspecified atom stereocenters. The van der Waals surface area contributed by atoms with E-state index in [0.717, 1.165) is 17.7 Å². The lowest BCUT2D eigenvalue weighted by Gasteiger charge is -2.31. The van der Waals surface area contributed by atoms with Gasteiger partial charge in [0.15, 0.2) is 0 Å². The third-order valence-corrected chi connectivity index (χ3v) is 4.48. The van der Waals surface area contributed by atoms with Crippen LogP contribution in [0.4, 0.5) is 5.69 Å². The van der Waals surface area contributed by atoms with Gasteiger partial charge >= 0.3 is 0 Å². The summed E-state index contributed by atoms with van der Waals surface area (Å²) in [5.74, 6) is -1.36. The molecule has 0 aromatic heterocycles. The zero-order valence-corrected chi connectivity index (χ0v) is 13.2. The van der Waals surface area contributed by atoms with Gasteiger partial charge in [0.1, 0.15) is 12.1 Å². The summed E-state index contributed by atoms with van der Waals surface area (Å²) in [6, 6.07) is 3.91. The number of carbonyl (C=O) groups excluding carboxylic acids is 3. The minimum Gasteiger partial charge on any atom is -0.341 e. The number of nitro benzene ring substituents is 1. The van der Waals surface area contributed by atoms with Crippen molar-refractivity contribution >= 4 is 23.4 Å². The lowest BCUT2D eigenvalue weighted by Crippen LogP contribution is -2.46. The summed E-state index contributed by atoms with van der Waals surface area (Å²) in [6.45, 7) is 2.87. The van der Waals surface area contributed by atoms with Gasteiger partial charge in [-0.2, -0.15) is 0 Å². The van der Waals surface area contributed by atoms with Crippen LogP contribution in [0.25, 0.3) is 0 Å². The highest BCUT2D eigenvalue weighted by Gasteiger charge is 2.42. The van der Waals surface area contributed by atoms with Gasteiger partial charge in [0.2, 0.25) is 5.91 Å². The first kappa shape index (κ1) is 16.1. The van der Waals surface area contributed by atoms with E-state index in [1.54, 1.807) is 4.90 Å². The van der Waals surface area contributed by atoms with Crippen LogP contribution in [0.2, 0.25) is 0 Å². The van der Waals surface area contributed by atoms with Crippen molar-refractivity contribution in [1.29, 1.82) is 0 Å². The van der Waals surface area contributed by atoms with Crippen LogP contribution >= 0.6 is 0 Å². The fraction of sp³-hybridized carbons (Fsp3) is 0.438. The van der Waals surface area contributed by atoms with Gasteiger partial charge in [0.25, 0.3) is 17.5 Å². The molecule has 0 spiro atoms. The molecule has 8 nitrogen and oxygen atoms in total. The lowest BCUT2D eigenvalue weighted by molar-refractivity contribution is -0.385. The Balaban J connectivity index is 1.82. The van der Waals surface area contributed by atoms with E-state index in [4.69, 9.17) is 0 Å². The minimum atomic E-state index is -0.777. The molecule has 8 heteroatoms. The maximum Gasteiger partial charge on any atom is 0.282 e. The molecule has 2 heterocycles. The molecule has 0 bridgehead atoms. The van der Waals surface area contributed by atoms with E-state index in [9.17, 15) is 24.5 Å². The van der Waals surface area contributed by atoms with Crippen molar-refractivity contribution in [2.24, 2.45) is 5.92 Å². The molecule has 0 N–H and O–H groups in total. The average molecular weight is 331 g/mol. The number of rotatable bonds is 3. The number of imide groups is 1. The Labute approximate surface area is 138 Å². The van der Waals surface area contributed by atoms with Crippen LogP contribution in [-0.4, -0.2) is 52.1 Å². The van der Waals surface area contributed by atoms with Crippen LogP contribution in [0.5, 0.6) is 0 Å². The SMILES string of the molecule is C[C@H]1CCCN(C(=O)CN2C(=O)c3cccc([N+](=O)[O-])c3C2=O)C1. The maximum absolute atomic E-state index is 12.4. The van der Waals surface area contributed by atoms with Crippen LogP contribution in [0, 0.1) is 16.0 Å². The van der Waals surface area contributed by atoms with E-state index < -0.39 is 22.4 Å². The number of likely N-dealkylation sites (tertiary alicyclic amines) is 1. The number of piperidine rings is 1. The highest BCUT2D eigenvalue weighted by Crippen LogP contribution is 2.30. The summed E-state index contributed by atoms with van der Waals surface area (Å²) < 4.78 is 0. The monoisotopic (exact) mass is 331 g/mol. The second kappa shape index (κ2) is 6.03. The van der Waals surface area contributed by atoms with Crippen LogP contribution in [0.3, 0.4) is 0 Å². The Hall–Kier alpha value is -2.77. The molecule has 3 rings (SSSR count). The van der Waals surface area contributed by atoms with Crippen LogP contribution < -0.4 is 0 Å². The normalized spacial score (nSPS) is 20.3. The molecule has 0 saturated carbocycles. The molecule has 0 aliphatic carbocycles. The fourth-order valence-electron chi connectivity index (χ4n) is 3.26. The van der Waals surface area contributed by atoms with Gasteiger partial charge in [-0.05, 0) is 24.8 Å². The number of amides is 3. The second-order valence-corrected chi connectivity index (χ2v) is 6.24. The number of nitro groups is 1. The van der Waals surface area contributed by atoms with Crippen molar-refractivity contribution in [3.8, 4) is 0 Å². The van der Waals surface area contributed by atoms with E-state index in [2.05, 4.69) is 0 Å². The topological polar surface area (TPSA) is 101 Å². The Morgan fingerprint density at radius 1 is 1.33 bits per heavy atom. The van der Waals surface area contributed by atoms with E-state index in [1.165, 1.54) is 18.2 Å². The maximum atomic E-state index is 12.4. The standard InChI is InChI=1S/C16H17N3O5/c1-10-4-3-7-17(8-10)13(20)9-18-15(21)11-5-2-6-12(19(23)24)14(11)16(18)22/h2,5-6,10H,3-4,7-9H2,1H3/t10-/m0/s1. The van der Waals surface area contributed by atoms with Gasteiger partial charge in [0.05, 0.1) is 10.5 Å². The van der Waals surface area contributed by atoms with Crippen molar-refractivity contribution in [3.05, 3.63) is 39.4 Å². The Kier molecular flexibility index (Phi) is 4.04. The van der Waals surface area contributed by atoms with Crippen molar-refractivity contribution in [2.75, 3.05) is 19.6 Å². The number of carbonyl (C=O) groups is 3. The van der Waals surface area contributed by atoms with Crippen LogP contribution in [-0.2, 0) is 4.79 Å². The van der Waals surface area contributed by atoms with Crippen molar-refractivity contribution in [2.45, 2.75) is 19.8 Å². The molecule has 1 aromatic rings. The van der Waals surface area contributed by atoms with Gasteiger partial charge in [-0.1, -0.05) is 13.0 Å². The van der Waals surface area contributed by atoms with E-state index in [-0.39, 0.29) is 23.6 Å². The fourth-order valence-corrected chi connectivity index (χ4v) is 3.26. The number of benzene rings is 1. The van der Waals surface area contributed by atoms with E-state index in [1.807, 2.05) is 6.92 Å². The van der Waals surface area contributed by atoms with Gasteiger partial charge in [0, 0.05) is 19.2 Å². The molecule has 1 fully saturated rings. The molecule has 1 saturated heterocycles. The number of hydrogen-bond donors (Lipinski definition) is 0. The van der Waals surface area contributed by atoms with Crippen LogP contribution in [0.15, 0.2) is 18.2 Å². The summed E-state index contributed by atoms with van der Waals surface area (Å²) in [7, 11) is 0. The summed E-state index contributed by atoms with van der Waals surface area (Å²) in [5.41, 5.74) is -0.659. The highest BCUT2D eigenvalue weighted by atomic mass is 16.6. The van der Waals surface area contributed by atoms with Gasteiger partial charge in [-0.25, -0.2) is 0 Å². The quantitative estimate of drug-likeness (QED) is 0.474. The molecule has 126 valence electrons.